The van der Waals surface area contributed by atoms with Crippen LogP contribution in [0, 0.1) is 63.7 Å². The van der Waals surface area contributed by atoms with Gasteiger partial charge in [0.05, 0.1) is 0 Å². The maximum Gasteiger partial charge on any atom is 2.00 e. The zero-order valence-corrected chi connectivity index (χ0v) is 15.2. The summed E-state index contributed by atoms with van der Waals surface area (Å²) in [6.07, 6.45) is 17.6. The summed E-state index contributed by atoms with van der Waals surface area (Å²) in [5.74, 6) is -1.12. The van der Waals surface area contributed by atoms with E-state index < -0.39 is 17.8 Å². The predicted octanol–water partition coefficient (Wildman–Crippen LogP) is 1.76. The van der Waals surface area contributed by atoms with Crippen LogP contribution >= 0.6 is 0 Å². The molecule has 0 aromatic carbocycles. The first kappa shape index (κ1) is 22.8. The second kappa shape index (κ2) is 12.2. The third-order valence-electron chi connectivity index (χ3n) is 3.52. The van der Waals surface area contributed by atoms with Crippen LogP contribution in [0.1, 0.15) is 32.1 Å². The van der Waals surface area contributed by atoms with Crippen LogP contribution < -0.4 is 0 Å². The minimum atomic E-state index is -0.677. The normalized spacial score (nSPS) is 19.8. The van der Waals surface area contributed by atoms with Crippen molar-refractivity contribution in [3.63, 3.8) is 0 Å². The van der Waals surface area contributed by atoms with Crippen molar-refractivity contribution in [1.82, 2.24) is 5.06 Å². The molecule has 3 rings (SSSR count). The number of carbonyl (C=O) groups is 4. The smallest absolute Gasteiger partial charge is 0.330 e. The van der Waals surface area contributed by atoms with Crippen molar-refractivity contribution in [2.45, 2.75) is 32.1 Å². The molecule has 6 nitrogen and oxygen atoms in total. The number of amides is 2. The zero-order valence-electron chi connectivity index (χ0n) is 14.1. The number of hydrogen-bond donors (Lipinski definition) is 0. The van der Waals surface area contributed by atoms with Crippen molar-refractivity contribution in [2.75, 3.05) is 0 Å². The summed E-state index contributed by atoms with van der Waals surface area (Å²) < 4.78 is 0. The molecule has 0 spiro atoms. The Hall–Kier alpha value is -1.20. The van der Waals surface area contributed by atoms with E-state index >= 15 is 0 Å². The van der Waals surface area contributed by atoms with Gasteiger partial charge in [-0.1, -0.05) is 0 Å². The molecule has 0 aromatic heterocycles. The summed E-state index contributed by atoms with van der Waals surface area (Å²) in [6.45, 7) is 0. The average Bonchev–Trinajstić information content (AvgIpc) is 3.35. The fourth-order valence-corrected chi connectivity index (χ4v) is 2.22. The zero-order chi connectivity index (χ0) is 18.1. The van der Waals surface area contributed by atoms with Crippen molar-refractivity contribution in [2.24, 2.45) is 0 Å². The second-order valence-electron chi connectivity index (χ2n) is 5.46. The van der Waals surface area contributed by atoms with E-state index in [1.54, 1.807) is 25.7 Å². The Morgan fingerprint density at radius 2 is 1.35 bits per heavy atom. The van der Waals surface area contributed by atoms with Crippen LogP contribution in [-0.4, -0.2) is 28.6 Å². The van der Waals surface area contributed by atoms with Crippen molar-refractivity contribution in [3.05, 3.63) is 63.7 Å². The monoisotopic (exact) mass is 397 g/mol. The van der Waals surface area contributed by atoms with Crippen LogP contribution in [0.25, 0.3) is 0 Å². The van der Waals surface area contributed by atoms with E-state index in [0.29, 0.717) is 17.4 Å². The number of imide groups is 1. The van der Waals surface area contributed by atoms with E-state index in [-0.39, 0.29) is 48.5 Å². The number of hydroxylamine groups is 2. The average molecular weight is 397 g/mol. The van der Waals surface area contributed by atoms with Crippen molar-refractivity contribution in [3.8, 4) is 0 Å². The second-order valence-corrected chi connectivity index (χ2v) is 5.46. The maximum atomic E-state index is 11.7. The van der Waals surface area contributed by atoms with Gasteiger partial charge in [0.15, 0.2) is 0 Å². The van der Waals surface area contributed by atoms with Gasteiger partial charge in [0.25, 0.3) is 11.8 Å². The Kier molecular flexibility index (Phi) is 10.7. The van der Waals surface area contributed by atoms with Crippen LogP contribution in [0.3, 0.4) is 0 Å². The molecule has 1 heterocycles. The predicted molar refractivity (Wildman–Crippen MR) is 88.0 cm³/mol. The minimum Gasteiger partial charge on any atom is -0.330 e. The molecule has 3 fully saturated rings. The summed E-state index contributed by atoms with van der Waals surface area (Å²) in [5, 5.41) is 0.515. The molecule has 0 N–H and O–H groups in total. The third-order valence-corrected chi connectivity index (χ3v) is 3.52. The molecular weight excluding hydrogens is 378 g/mol. The molecule has 3 aliphatic rings. The van der Waals surface area contributed by atoms with Gasteiger partial charge < -0.3 is 4.84 Å². The number of rotatable bonds is 6. The summed E-state index contributed by atoms with van der Waals surface area (Å²) in [7, 11) is 0. The molecule has 26 heavy (non-hydrogen) atoms. The number of carbonyl (C=O) groups excluding carboxylic acids is 4. The number of ketones is 1. The van der Waals surface area contributed by atoms with E-state index in [4.69, 9.17) is 4.84 Å². The van der Waals surface area contributed by atoms with Gasteiger partial charge in [0.2, 0.25) is 0 Å². The standard InChI is InChI=1S/C14H14NO5.C5H5.Fe/c16-11(10-4-1-2-5-10)6-3-7-14(19)20-15-12(17)8-9-13(15)18;1-2-4-5-3-1;/h1-2,4-5H,3,6-9H2;1-5H;/q;;+2. The molecule has 0 aromatic rings. The van der Waals surface area contributed by atoms with E-state index in [2.05, 4.69) is 0 Å². The van der Waals surface area contributed by atoms with E-state index in [9.17, 15) is 19.2 Å². The molecule has 10 radical (unpaired) electrons. The SMILES string of the molecule is O=C(CCCC(=O)[C]1[CH][CH][CH][CH]1)ON1C(=O)CCC1=O.[CH]1[CH][CH][CH][CH]1.[Fe+2]. The third kappa shape index (κ3) is 7.58. The first-order valence-electron chi connectivity index (χ1n) is 8.06. The fourth-order valence-electron chi connectivity index (χ4n) is 2.22. The fraction of sp³-hybridized carbons (Fsp3) is 0.263. The van der Waals surface area contributed by atoms with Crippen LogP contribution in [-0.2, 0) is 41.1 Å². The molecule has 1 aliphatic heterocycles. The molecule has 1 saturated heterocycles. The minimum absolute atomic E-state index is 0. The van der Waals surface area contributed by atoms with Gasteiger partial charge in [-0.25, -0.2) is 4.79 Å². The van der Waals surface area contributed by atoms with E-state index in [0.717, 1.165) is 0 Å². The van der Waals surface area contributed by atoms with Gasteiger partial charge in [0.1, 0.15) is 5.78 Å². The van der Waals surface area contributed by atoms with Crippen LogP contribution in [0.5, 0.6) is 0 Å². The van der Waals surface area contributed by atoms with Gasteiger partial charge in [-0.2, -0.15) is 0 Å². The Bertz CT molecular complexity index is 475. The molecule has 7 heteroatoms. The number of nitrogens with zero attached hydrogens (tertiary/aromatic N) is 1. The number of Topliss-reactive ketones (excluding diaryl/α,β-unsaturated/α-hetero) is 1. The molecular formula is C19H19FeNO5+2. The maximum absolute atomic E-state index is 11.7. The van der Waals surface area contributed by atoms with Gasteiger partial charge in [-0.3, -0.25) is 14.4 Å². The first-order valence-corrected chi connectivity index (χ1v) is 8.06. The largest absolute Gasteiger partial charge is 2.00 e. The molecule has 0 bridgehead atoms. The quantitative estimate of drug-likeness (QED) is 0.504. The van der Waals surface area contributed by atoms with Crippen molar-refractivity contribution < 1.29 is 41.1 Å². The van der Waals surface area contributed by atoms with Gasteiger partial charge in [-0.15, -0.1) is 5.06 Å². The molecule has 0 unspecified atom stereocenters. The van der Waals surface area contributed by atoms with Gasteiger partial charge in [0, 0.05) is 31.6 Å². The van der Waals surface area contributed by atoms with Crippen LogP contribution in [0.2, 0.25) is 0 Å². The van der Waals surface area contributed by atoms with E-state index in [1.165, 1.54) is 0 Å². The summed E-state index contributed by atoms with van der Waals surface area (Å²) in [5.41, 5.74) is 0. The Balaban J connectivity index is 0.000000486. The van der Waals surface area contributed by atoms with Gasteiger partial charge >= 0.3 is 23.0 Å². The topological polar surface area (TPSA) is 80.8 Å². The molecule has 2 aliphatic carbocycles. The first-order chi connectivity index (χ1) is 12.1. The van der Waals surface area contributed by atoms with Crippen LogP contribution in [0.4, 0.5) is 0 Å². The summed E-state index contributed by atoms with van der Waals surface area (Å²) >= 11 is 0. The molecule has 2 saturated carbocycles. The summed E-state index contributed by atoms with van der Waals surface area (Å²) in [6, 6.07) is 0. The molecule has 2 amide bonds. The van der Waals surface area contributed by atoms with Crippen molar-refractivity contribution >= 4 is 23.6 Å². The molecule has 136 valence electrons. The van der Waals surface area contributed by atoms with E-state index in [1.807, 2.05) is 32.1 Å². The summed E-state index contributed by atoms with van der Waals surface area (Å²) in [4.78, 5) is 50.3. The number of hydrogen-bond acceptors (Lipinski definition) is 5. The Morgan fingerprint density at radius 1 is 0.846 bits per heavy atom. The van der Waals surface area contributed by atoms with Crippen molar-refractivity contribution in [1.29, 1.82) is 0 Å². The Morgan fingerprint density at radius 3 is 1.85 bits per heavy atom. The molecule has 0 atom stereocenters. The Labute approximate surface area is 165 Å². The van der Waals surface area contributed by atoms with Crippen LogP contribution in [0.15, 0.2) is 0 Å². The van der Waals surface area contributed by atoms with Gasteiger partial charge in [-0.05, 0) is 64.2 Å².